The molecule has 1 aromatic heterocycles. The smallest absolute Gasteiger partial charge is 0.153 e. The van der Waals surface area contributed by atoms with Crippen LogP contribution in [-0.2, 0) is 0 Å². The molecule has 0 saturated carbocycles. The number of hydrogen-bond acceptors (Lipinski definition) is 3. The monoisotopic (exact) mass is 267 g/mol. The lowest BCUT2D eigenvalue weighted by Gasteiger charge is -2.11. The number of benzene rings is 1. The third-order valence-corrected chi connectivity index (χ3v) is 2.89. The van der Waals surface area contributed by atoms with Crippen molar-refractivity contribution < 1.29 is 0 Å². The van der Waals surface area contributed by atoms with Gasteiger partial charge in [-0.15, -0.1) is 0 Å². The first-order valence-electron chi connectivity index (χ1n) is 5.01. The second-order valence-corrected chi connectivity index (χ2v) is 4.49. The van der Waals surface area contributed by atoms with Crippen LogP contribution < -0.4 is 11.1 Å². The van der Waals surface area contributed by atoms with Crippen molar-refractivity contribution in [2.75, 3.05) is 11.1 Å². The predicted molar refractivity (Wildman–Crippen MR) is 73.1 cm³/mol. The number of pyridine rings is 1. The maximum atomic E-state index is 6.05. The number of rotatable bonds is 2. The summed E-state index contributed by atoms with van der Waals surface area (Å²) in [4.78, 5) is 4.20. The van der Waals surface area contributed by atoms with Gasteiger partial charge in [-0.05, 0) is 30.7 Å². The van der Waals surface area contributed by atoms with E-state index in [4.69, 9.17) is 28.9 Å². The molecule has 88 valence electrons. The zero-order valence-electron chi connectivity index (χ0n) is 9.17. The highest BCUT2D eigenvalue weighted by molar-refractivity contribution is 6.39. The molecule has 17 heavy (non-hydrogen) atoms. The summed E-state index contributed by atoms with van der Waals surface area (Å²) in [6, 6.07) is 7.11. The molecule has 3 N–H and O–H groups in total. The minimum absolute atomic E-state index is 0.527. The van der Waals surface area contributed by atoms with E-state index in [1.54, 1.807) is 24.4 Å². The van der Waals surface area contributed by atoms with Crippen LogP contribution >= 0.6 is 23.2 Å². The van der Waals surface area contributed by atoms with Crippen molar-refractivity contribution in [3.05, 3.63) is 46.1 Å². The van der Waals surface area contributed by atoms with Gasteiger partial charge in [-0.1, -0.05) is 29.3 Å². The summed E-state index contributed by atoms with van der Waals surface area (Å²) in [7, 11) is 0. The van der Waals surface area contributed by atoms with E-state index in [2.05, 4.69) is 10.3 Å². The maximum Gasteiger partial charge on any atom is 0.153 e. The molecule has 0 atom stereocenters. The van der Waals surface area contributed by atoms with Crippen LogP contribution in [0, 0.1) is 6.92 Å². The molecule has 1 aromatic carbocycles. The lowest BCUT2D eigenvalue weighted by atomic mass is 10.2. The first kappa shape index (κ1) is 12.0. The highest BCUT2D eigenvalue weighted by atomic mass is 35.5. The number of nitrogens with two attached hydrogens (primary N) is 1. The maximum absolute atomic E-state index is 6.05. The number of halogens is 2. The zero-order valence-corrected chi connectivity index (χ0v) is 10.7. The zero-order chi connectivity index (χ0) is 12.4. The molecule has 0 bridgehead atoms. The summed E-state index contributed by atoms with van der Waals surface area (Å²) in [5.41, 5.74) is 8.02. The van der Waals surface area contributed by atoms with Gasteiger partial charge in [0.1, 0.15) is 0 Å². The van der Waals surface area contributed by atoms with Gasteiger partial charge in [-0.25, -0.2) is 4.98 Å². The number of nitrogens with zero attached hydrogens (tertiary/aromatic N) is 1. The van der Waals surface area contributed by atoms with Gasteiger partial charge in [0.05, 0.1) is 21.4 Å². The fraction of sp³-hybridized carbons (Fsp3) is 0.0833. The van der Waals surface area contributed by atoms with Crippen molar-refractivity contribution in [1.82, 2.24) is 4.98 Å². The van der Waals surface area contributed by atoms with Gasteiger partial charge in [0.15, 0.2) is 5.82 Å². The standard InChI is InChI=1S/C12H11Cl2N3/c1-7-5-10(15)12(16-6-7)17-11-8(13)3-2-4-9(11)14/h2-6H,15H2,1H3,(H,16,17). The van der Waals surface area contributed by atoms with Crippen molar-refractivity contribution in [1.29, 1.82) is 0 Å². The number of nitrogen functional groups attached to an aromatic ring is 1. The number of hydrogen-bond donors (Lipinski definition) is 2. The normalized spacial score (nSPS) is 10.3. The molecular weight excluding hydrogens is 257 g/mol. The van der Waals surface area contributed by atoms with Crippen LogP contribution in [0.1, 0.15) is 5.56 Å². The average molecular weight is 268 g/mol. The Morgan fingerprint density at radius 3 is 2.47 bits per heavy atom. The largest absolute Gasteiger partial charge is 0.396 e. The number of para-hydroxylation sites is 1. The van der Waals surface area contributed by atoms with E-state index >= 15 is 0 Å². The number of anilines is 3. The van der Waals surface area contributed by atoms with Gasteiger partial charge < -0.3 is 11.1 Å². The fourth-order valence-corrected chi connectivity index (χ4v) is 1.92. The summed E-state index contributed by atoms with van der Waals surface area (Å²) >= 11 is 12.1. The van der Waals surface area contributed by atoms with Crippen molar-refractivity contribution >= 4 is 40.4 Å². The molecule has 0 aliphatic rings. The van der Waals surface area contributed by atoms with Crippen molar-refractivity contribution in [3.63, 3.8) is 0 Å². The molecule has 0 fully saturated rings. The summed E-state index contributed by atoms with van der Waals surface area (Å²) in [6.07, 6.45) is 1.73. The quantitative estimate of drug-likeness (QED) is 0.864. The van der Waals surface area contributed by atoms with Crippen LogP contribution in [-0.4, -0.2) is 4.98 Å². The molecule has 5 heteroatoms. The first-order valence-corrected chi connectivity index (χ1v) is 5.76. The summed E-state index contributed by atoms with van der Waals surface area (Å²) in [6.45, 7) is 1.93. The minimum Gasteiger partial charge on any atom is -0.396 e. The van der Waals surface area contributed by atoms with E-state index < -0.39 is 0 Å². The van der Waals surface area contributed by atoms with Crippen molar-refractivity contribution in [2.24, 2.45) is 0 Å². The lowest BCUT2D eigenvalue weighted by Crippen LogP contribution is -2.00. The second-order valence-electron chi connectivity index (χ2n) is 3.67. The molecular formula is C12H11Cl2N3. The Labute approximate surface area is 110 Å². The van der Waals surface area contributed by atoms with Crippen LogP contribution in [0.25, 0.3) is 0 Å². The molecule has 0 spiro atoms. The van der Waals surface area contributed by atoms with E-state index in [1.165, 1.54) is 0 Å². The van der Waals surface area contributed by atoms with E-state index in [0.717, 1.165) is 5.56 Å². The van der Waals surface area contributed by atoms with Gasteiger partial charge in [0.2, 0.25) is 0 Å². The topological polar surface area (TPSA) is 50.9 Å². The van der Waals surface area contributed by atoms with E-state index in [1.807, 2.05) is 13.0 Å². The van der Waals surface area contributed by atoms with E-state index in [0.29, 0.717) is 27.2 Å². The Morgan fingerprint density at radius 2 is 1.88 bits per heavy atom. The van der Waals surface area contributed by atoms with Crippen molar-refractivity contribution in [2.45, 2.75) is 6.92 Å². The third-order valence-electron chi connectivity index (χ3n) is 2.26. The molecule has 1 heterocycles. The minimum atomic E-state index is 0.527. The van der Waals surface area contributed by atoms with Crippen LogP contribution in [0.2, 0.25) is 10.0 Å². The van der Waals surface area contributed by atoms with Crippen LogP contribution in [0.5, 0.6) is 0 Å². The van der Waals surface area contributed by atoms with Crippen LogP contribution in [0.15, 0.2) is 30.5 Å². The lowest BCUT2D eigenvalue weighted by molar-refractivity contribution is 1.26. The Kier molecular flexibility index (Phi) is 3.41. The third kappa shape index (κ3) is 2.62. The molecule has 2 aromatic rings. The molecule has 2 rings (SSSR count). The second kappa shape index (κ2) is 4.82. The fourth-order valence-electron chi connectivity index (χ4n) is 1.43. The highest BCUT2D eigenvalue weighted by Gasteiger charge is 2.08. The van der Waals surface area contributed by atoms with Crippen molar-refractivity contribution in [3.8, 4) is 0 Å². The van der Waals surface area contributed by atoms with Crippen LogP contribution in [0.4, 0.5) is 17.2 Å². The Morgan fingerprint density at radius 1 is 1.24 bits per heavy atom. The molecule has 0 amide bonds. The molecule has 0 unspecified atom stereocenters. The van der Waals surface area contributed by atoms with E-state index in [9.17, 15) is 0 Å². The Hall–Kier alpha value is -1.45. The van der Waals surface area contributed by atoms with Gasteiger partial charge in [0, 0.05) is 6.20 Å². The van der Waals surface area contributed by atoms with Gasteiger partial charge in [0.25, 0.3) is 0 Å². The van der Waals surface area contributed by atoms with Gasteiger partial charge in [-0.2, -0.15) is 0 Å². The van der Waals surface area contributed by atoms with Crippen LogP contribution in [0.3, 0.4) is 0 Å². The summed E-state index contributed by atoms with van der Waals surface area (Å²) < 4.78 is 0. The highest BCUT2D eigenvalue weighted by Crippen LogP contribution is 2.33. The Balaban J connectivity index is 2.38. The molecule has 0 radical (unpaired) electrons. The number of nitrogens with one attached hydrogen (secondary N) is 1. The number of aromatic nitrogens is 1. The molecule has 0 aliphatic heterocycles. The molecule has 0 saturated heterocycles. The predicted octanol–water partition coefficient (Wildman–Crippen LogP) is 4.02. The van der Waals surface area contributed by atoms with Gasteiger partial charge >= 0.3 is 0 Å². The number of aryl methyl sites for hydroxylation is 1. The molecule has 3 nitrogen and oxygen atoms in total. The first-order chi connectivity index (χ1) is 8.08. The summed E-state index contributed by atoms with van der Waals surface area (Å²) in [5.74, 6) is 0.547. The summed E-state index contributed by atoms with van der Waals surface area (Å²) in [5, 5.41) is 4.09. The van der Waals surface area contributed by atoms with Gasteiger partial charge in [-0.3, -0.25) is 0 Å². The molecule has 0 aliphatic carbocycles. The Bertz CT molecular complexity index is 535. The average Bonchev–Trinajstić information content (AvgIpc) is 2.26. The van der Waals surface area contributed by atoms with E-state index in [-0.39, 0.29) is 0 Å². The SMILES string of the molecule is Cc1cnc(Nc2c(Cl)cccc2Cl)c(N)c1.